The summed E-state index contributed by atoms with van der Waals surface area (Å²) >= 11 is 0. The summed E-state index contributed by atoms with van der Waals surface area (Å²) in [5.74, 6) is -0.954. The smallest absolute Gasteiger partial charge is 0.246 e. The predicted molar refractivity (Wildman–Crippen MR) is 92.4 cm³/mol. The number of amides is 1. The highest BCUT2D eigenvalue weighted by Gasteiger charge is 2.36. The molecular formula is C17H25FN2O4S. The highest BCUT2D eigenvalue weighted by atomic mass is 32.2. The number of hydrogen-bond donors (Lipinski definition) is 0. The van der Waals surface area contributed by atoms with Crippen LogP contribution < -0.4 is 4.74 Å². The van der Waals surface area contributed by atoms with Gasteiger partial charge in [-0.3, -0.25) is 4.79 Å². The zero-order valence-corrected chi connectivity index (χ0v) is 15.7. The first-order chi connectivity index (χ1) is 11.8. The molecule has 1 aliphatic rings. The summed E-state index contributed by atoms with van der Waals surface area (Å²) in [4.78, 5) is 14.1. The average Bonchev–Trinajstić information content (AvgIpc) is 2.62. The zero-order chi connectivity index (χ0) is 18.6. The Balaban J connectivity index is 2.28. The Kier molecular flexibility index (Phi) is 6.40. The van der Waals surface area contributed by atoms with Crippen LogP contribution in [0, 0.1) is 11.7 Å². The lowest BCUT2D eigenvalue weighted by Crippen LogP contribution is -2.46. The van der Waals surface area contributed by atoms with E-state index in [1.165, 1.54) is 17.5 Å². The van der Waals surface area contributed by atoms with Gasteiger partial charge in [0.2, 0.25) is 15.9 Å². The Morgan fingerprint density at radius 2 is 2.04 bits per heavy atom. The molecule has 1 fully saturated rings. The van der Waals surface area contributed by atoms with Crippen molar-refractivity contribution in [1.29, 1.82) is 0 Å². The largest absolute Gasteiger partial charge is 0.495 e. The van der Waals surface area contributed by atoms with Gasteiger partial charge in [-0.2, -0.15) is 4.31 Å². The van der Waals surface area contributed by atoms with Crippen LogP contribution in [0.15, 0.2) is 23.1 Å². The molecule has 25 heavy (non-hydrogen) atoms. The van der Waals surface area contributed by atoms with Gasteiger partial charge in [-0.25, -0.2) is 12.8 Å². The van der Waals surface area contributed by atoms with Crippen LogP contribution >= 0.6 is 0 Å². The molecule has 0 saturated carbocycles. The Morgan fingerprint density at radius 3 is 2.64 bits per heavy atom. The van der Waals surface area contributed by atoms with Gasteiger partial charge in [0, 0.05) is 26.2 Å². The Labute approximate surface area is 148 Å². The van der Waals surface area contributed by atoms with Crippen LogP contribution in [0.5, 0.6) is 5.75 Å². The lowest BCUT2D eigenvalue weighted by molar-refractivity contribution is -0.136. The molecular weight excluding hydrogens is 347 g/mol. The molecule has 0 bridgehead atoms. The van der Waals surface area contributed by atoms with Crippen molar-refractivity contribution in [3.63, 3.8) is 0 Å². The van der Waals surface area contributed by atoms with Crippen LogP contribution in [0.3, 0.4) is 0 Å². The van der Waals surface area contributed by atoms with Crippen molar-refractivity contribution in [3.8, 4) is 5.75 Å². The molecule has 1 aromatic rings. The van der Waals surface area contributed by atoms with Crippen molar-refractivity contribution in [2.45, 2.75) is 31.6 Å². The van der Waals surface area contributed by atoms with Crippen molar-refractivity contribution >= 4 is 15.9 Å². The van der Waals surface area contributed by atoms with Crippen molar-refractivity contribution in [3.05, 3.63) is 24.0 Å². The Bertz CT molecular complexity index is 719. The highest BCUT2D eigenvalue weighted by molar-refractivity contribution is 7.89. The van der Waals surface area contributed by atoms with Gasteiger partial charge in [-0.15, -0.1) is 0 Å². The van der Waals surface area contributed by atoms with E-state index in [-0.39, 0.29) is 29.0 Å². The van der Waals surface area contributed by atoms with Crippen molar-refractivity contribution in [2.75, 3.05) is 33.3 Å². The number of benzene rings is 1. The molecule has 140 valence electrons. The predicted octanol–water partition coefficient (Wildman–Crippen LogP) is 2.10. The number of hydrogen-bond acceptors (Lipinski definition) is 4. The fraction of sp³-hybridized carbons (Fsp3) is 0.588. The molecule has 8 heteroatoms. The number of rotatable bonds is 6. The second kappa shape index (κ2) is 8.14. The maximum absolute atomic E-state index is 13.6. The molecule has 1 amide bonds. The molecule has 1 saturated heterocycles. The van der Waals surface area contributed by atoms with Crippen LogP contribution in [0.25, 0.3) is 0 Å². The van der Waals surface area contributed by atoms with Crippen LogP contribution in [-0.2, 0) is 14.8 Å². The third kappa shape index (κ3) is 4.12. The quantitative estimate of drug-likeness (QED) is 0.767. The summed E-state index contributed by atoms with van der Waals surface area (Å²) in [7, 11) is -2.59. The molecule has 0 aromatic heterocycles. The Hall–Kier alpha value is -1.67. The number of piperidine rings is 1. The average molecular weight is 372 g/mol. The van der Waals surface area contributed by atoms with Gasteiger partial charge in [0.15, 0.2) is 0 Å². The van der Waals surface area contributed by atoms with E-state index in [1.54, 1.807) is 4.90 Å². The van der Waals surface area contributed by atoms with Gasteiger partial charge in [0.1, 0.15) is 16.5 Å². The number of nitrogens with zero attached hydrogens (tertiary/aromatic N) is 2. The third-order valence-electron chi connectivity index (χ3n) is 4.55. The molecule has 0 radical (unpaired) electrons. The molecule has 1 aliphatic heterocycles. The molecule has 0 aliphatic carbocycles. The fourth-order valence-electron chi connectivity index (χ4n) is 3.15. The molecule has 0 N–H and O–H groups in total. The third-order valence-corrected chi connectivity index (χ3v) is 6.44. The number of sulfonamides is 1. The number of carbonyl (C=O) groups is 1. The van der Waals surface area contributed by atoms with Crippen LogP contribution in [0.4, 0.5) is 4.39 Å². The molecule has 6 nitrogen and oxygen atoms in total. The number of methoxy groups -OCH3 is 1. The van der Waals surface area contributed by atoms with E-state index in [1.807, 2.05) is 13.8 Å². The van der Waals surface area contributed by atoms with Crippen LogP contribution in [0.2, 0.25) is 0 Å². The first kappa shape index (κ1) is 19.7. The minimum atomic E-state index is -3.94. The van der Waals surface area contributed by atoms with Crippen molar-refractivity contribution in [2.24, 2.45) is 5.92 Å². The van der Waals surface area contributed by atoms with E-state index < -0.39 is 15.8 Å². The molecule has 1 heterocycles. The monoisotopic (exact) mass is 372 g/mol. The maximum Gasteiger partial charge on any atom is 0.246 e. The summed E-state index contributed by atoms with van der Waals surface area (Å²) < 4.78 is 45.8. The molecule has 0 unspecified atom stereocenters. The molecule has 1 aromatic carbocycles. The van der Waals surface area contributed by atoms with E-state index in [0.717, 1.165) is 12.1 Å². The fourth-order valence-corrected chi connectivity index (χ4v) is 4.84. The summed E-state index contributed by atoms with van der Waals surface area (Å²) in [5.41, 5.74) is 0. The minimum absolute atomic E-state index is 0.0314. The number of halogens is 1. The molecule has 2 rings (SSSR count). The zero-order valence-electron chi connectivity index (χ0n) is 14.9. The van der Waals surface area contributed by atoms with Gasteiger partial charge in [0.05, 0.1) is 13.0 Å². The van der Waals surface area contributed by atoms with Crippen LogP contribution in [-0.4, -0.2) is 56.8 Å². The second-order valence-corrected chi connectivity index (χ2v) is 7.91. The first-order valence-corrected chi connectivity index (χ1v) is 9.91. The second-order valence-electron chi connectivity index (χ2n) is 6.01. The lowest BCUT2D eigenvalue weighted by Gasteiger charge is -2.34. The number of ether oxygens (including phenoxy) is 1. The topological polar surface area (TPSA) is 66.9 Å². The first-order valence-electron chi connectivity index (χ1n) is 8.47. The standard InChI is InChI=1S/C17H25FN2O4S/c1-4-19(5-2)17(21)13-7-6-10-20(12-13)25(22,23)16-11-14(18)8-9-15(16)24-3/h8-9,11,13H,4-7,10,12H2,1-3H3/t13-/m0/s1. The van der Waals surface area contributed by atoms with E-state index in [0.29, 0.717) is 32.5 Å². The maximum atomic E-state index is 13.6. The van der Waals surface area contributed by atoms with E-state index >= 15 is 0 Å². The lowest BCUT2D eigenvalue weighted by atomic mass is 9.98. The molecule has 0 spiro atoms. The van der Waals surface area contributed by atoms with Gasteiger partial charge in [-0.05, 0) is 44.9 Å². The molecule has 1 atom stereocenters. The number of carbonyl (C=O) groups excluding carboxylic acids is 1. The Morgan fingerprint density at radius 1 is 1.36 bits per heavy atom. The summed E-state index contributed by atoms with van der Waals surface area (Å²) in [5, 5.41) is 0. The van der Waals surface area contributed by atoms with Gasteiger partial charge >= 0.3 is 0 Å². The summed E-state index contributed by atoms with van der Waals surface area (Å²) in [6, 6.07) is 3.41. The van der Waals surface area contributed by atoms with Crippen LogP contribution in [0.1, 0.15) is 26.7 Å². The summed E-state index contributed by atoms with van der Waals surface area (Å²) in [6.07, 6.45) is 1.25. The van der Waals surface area contributed by atoms with Gasteiger partial charge in [0.25, 0.3) is 0 Å². The minimum Gasteiger partial charge on any atom is -0.495 e. The normalized spacial score (nSPS) is 18.8. The van der Waals surface area contributed by atoms with Gasteiger partial charge < -0.3 is 9.64 Å². The van der Waals surface area contributed by atoms with E-state index in [4.69, 9.17) is 4.74 Å². The van der Waals surface area contributed by atoms with Crippen molar-refractivity contribution < 1.29 is 22.3 Å². The highest BCUT2D eigenvalue weighted by Crippen LogP contribution is 2.30. The SMILES string of the molecule is CCN(CC)C(=O)[C@H]1CCCN(S(=O)(=O)c2cc(F)ccc2OC)C1. The summed E-state index contributed by atoms with van der Waals surface area (Å²) in [6.45, 7) is 5.40. The van der Waals surface area contributed by atoms with Gasteiger partial charge in [-0.1, -0.05) is 0 Å². The van der Waals surface area contributed by atoms with E-state index in [2.05, 4.69) is 0 Å². The van der Waals surface area contributed by atoms with E-state index in [9.17, 15) is 17.6 Å². The van der Waals surface area contributed by atoms with Crippen molar-refractivity contribution in [1.82, 2.24) is 9.21 Å².